The maximum atomic E-state index is 13.2. The van der Waals surface area contributed by atoms with Crippen molar-refractivity contribution in [2.75, 3.05) is 28.4 Å². The van der Waals surface area contributed by atoms with Crippen molar-refractivity contribution in [3.8, 4) is 23.0 Å². The van der Waals surface area contributed by atoms with Crippen molar-refractivity contribution in [1.82, 2.24) is 0 Å². The number of esters is 1. The van der Waals surface area contributed by atoms with Gasteiger partial charge < -0.3 is 28.8 Å². The number of benzene rings is 2. The zero-order valence-corrected chi connectivity index (χ0v) is 21.6. The highest BCUT2D eigenvalue weighted by atomic mass is 16.6. The summed E-state index contributed by atoms with van der Waals surface area (Å²) in [6, 6.07) is 10.3. The summed E-state index contributed by atoms with van der Waals surface area (Å²) in [6.07, 6.45) is 3.51. The van der Waals surface area contributed by atoms with Crippen LogP contribution in [0.15, 0.2) is 48.6 Å². The molecule has 9 nitrogen and oxygen atoms in total. The number of hydrogen-bond acceptors (Lipinski definition) is 9. The molecular weight excluding hydrogens is 492 g/mol. The summed E-state index contributed by atoms with van der Waals surface area (Å²) in [5, 5.41) is 10.9. The molecule has 200 valence electrons. The number of methoxy groups -OCH3 is 4. The van der Waals surface area contributed by atoms with E-state index in [1.807, 2.05) is 0 Å². The minimum Gasteiger partial charge on any atom is -0.493 e. The van der Waals surface area contributed by atoms with Crippen LogP contribution >= 0.6 is 0 Å². The van der Waals surface area contributed by atoms with Crippen molar-refractivity contribution in [2.45, 2.75) is 25.0 Å². The highest BCUT2D eigenvalue weighted by Crippen LogP contribution is 2.49. The SMILES string of the molecule is COc1ccc(/C=C/C(=O)[C@@H]2[C@H](O)C[C@]3(C(=O)/C=C/c4ccc(OC)c(OC)c4)C[C@H]2OC3=O)cc1OC. The lowest BCUT2D eigenvalue weighted by molar-refractivity contribution is -0.151. The Balaban J connectivity index is 1.49. The van der Waals surface area contributed by atoms with Gasteiger partial charge in [-0.25, -0.2) is 0 Å². The number of hydrogen-bond donors (Lipinski definition) is 1. The minimum absolute atomic E-state index is 0.0264. The Labute approximate surface area is 220 Å². The number of allylic oxidation sites excluding steroid dienone is 2. The second-order valence-corrected chi connectivity index (χ2v) is 9.19. The Kier molecular flexibility index (Phi) is 7.87. The quantitative estimate of drug-likeness (QED) is 0.285. The summed E-state index contributed by atoms with van der Waals surface area (Å²) in [5.74, 6) is -0.457. The van der Waals surface area contributed by atoms with E-state index in [2.05, 4.69) is 0 Å². The third-order valence-electron chi connectivity index (χ3n) is 7.05. The molecule has 1 saturated carbocycles. The average Bonchev–Trinajstić information content (AvgIpc) is 3.20. The number of fused-ring (bicyclic) bond motifs is 2. The predicted octanol–water partition coefficient (Wildman–Crippen LogP) is 3.27. The maximum absolute atomic E-state index is 13.2. The standard InChI is InChI=1S/C29H30O9/c1-34-21-10-6-17(13-23(21)36-3)5-9-19(30)27-20(31)15-29(16-25(27)38-28(29)33)26(32)12-8-18-7-11-22(35-2)24(14-18)37-4/h5-14,20,25,27,31H,15-16H2,1-4H3/b9-5+,12-8+/t20-,25-,27-,29-/m1/s1. The maximum Gasteiger partial charge on any atom is 0.320 e. The third-order valence-corrected chi connectivity index (χ3v) is 7.05. The molecule has 2 bridgehead atoms. The molecule has 4 atom stereocenters. The van der Waals surface area contributed by atoms with Gasteiger partial charge >= 0.3 is 5.97 Å². The zero-order valence-electron chi connectivity index (χ0n) is 21.6. The first-order valence-electron chi connectivity index (χ1n) is 12.0. The minimum atomic E-state index is -1.53. The number of carbonyl (C=O) groups is 3. The fourth-order valence-corrected chi connectivity index (χ4v) is 5.03. The van der Waals surface area contributed by atoms with Gasteiger partial charge in [0.15, 0.2) is 34.6 Å². The molecule has 0 radical (unpaired) electrons. The van der Waals surface area contributed by atoms with E-state index < -0.39 is 41.1 Å². The first-order valence-corrected chi connectivity index (χ1v) is 12.0. The summed E-state index contributed by atoms with van der Waals surface area (Å²) in [6.45, 7) is 0. The molecule has 1 saturated heterocycles. The van der Waals surface area contributed by atoms with E-state index in [1.165, 1.54) is 40.6 Å². The van der Waals surface area contributed by atoms with Gasteiger partial charge in [0.25, 0.3) is 0 Å². The second-order valence-electron chi connectivity index (χ2n) is 9.19. The summed E-state index contributed by atoms with van der Waals surface area (Å²) < 4.78 is 26.5. The van der Waals surface area contributed by atoms with E-state index in [0.717, 1.165) is 0 Å². The molecule has 38 heavy (non-hydrogen) atoms. The number of ketones is 2. The van der Waals surface area contributed by atoms with Gasteiger partial charge in [-0.05, 0) is 54.0 Å². The first kappa shape index (κ1) is 26.9. The van der Waals surface area contributed by atoms with E-state index in [4.69, 9.17) is 23.7 Å². The van der Waals surface area contributed by atoms with Crippen LogP contribution < -0.4 is 18.9 Å². The van der Waals surface area contributed by atoms with E-state index in [0.29, 0.717) is 34.1 Å². The molecule has 1 heterocycles. The largest absolute Gasteiger partial charge is 0.493 e. The van der Waals surface area contributed by atoms with Crippen LogP contribution in [0.3, 0.4) is 0 Å². The van der Waals surface area contributed by atoms with Crippen LogP contribution in [0.25, 0.3) is 12.2 Å². The van der Waals surface area contributed by atoms with Crippen LogP contribution in [0.4, 0.5) is 0 Å². The monoisotopic (exact) mass is 522 g/mol. The van der Waals surface area contributed by atoms with Crippen LogP contribution in [0.2, 0.25) is 0 Å². The highest BCUT2D eigenvalue weighted by Gasteiger charge is 2.62. The topological polar surface area (TPSA) is 118 Å². The molecule has 0 aromatic heterocycles. The first-order chi connectivity index (χ1) is 18.3. The number of aliphatic hydroxyl groups excluding tert-OH is 1. The van der Waals surface area contributed by atoms with Crippen LogP contribution in [0, 0.1) is 11.3 Å². The fraction of sp³-hybridized carbons (Fsp3) is 0.345. The number of rotatable bonds is 10. The van der Waals surface area contributed by atoms with Crippen molar-refractivity contribution in [1.29, 1.82) is 0 Å². The molecule has 0 spiro atoms. The molecule has 1 N–H and O–H groups in total. The molecule has 0 unspecified atom stereocenters. The molecule has 2 aromatic rings. The lowest BCUT2D eigenvalue weighted by Crippen LogP contribution is -2.47. The molecule has 0 amide bonds. The molecule has 2 aliphatic rings. The van der Waals surface area contributed by atoms with Crippen molar-refractivity contribution in [2.24, 2.45) is 11.3 Å². The lowest BCUT2D eigenvalue weighted by Gasteiger charge is -2.33. The summed E-state index contributed by atoms with van der Waals surface area (Å²) >= 11 is 0. The molecule has 1 aliphatic heterocycles. The zero-order chi connectivity index (χ0) is 27.4. The molecule has 1 aliphatic carbocycles. The van der Waals surface area contributed by atoms with E-state index in [1.54, 1.807) is 48.6 Å². The molecule has 9 heteroatoms. The summed E-state index contributed by atoms with van der Waals surface area (Å²) in [5.41, 5.74) is -0.171. The summed E-state index contributed by atoms with van der Waals surface area (Å²) in [4.78, 5) is 39.1. The molecule has 4 rings (SSSR count). The van der Waals surface area contributed by atoms with Crippen molar-refractivity contribution < 1.29 is 43.2 Å². The van der Waals surface area contributed by atoms with E-state index in [-0.39, 0.29) is 12.8 Å². The molecule has 2 fully saturated rings. The van der Waals surface area contributed by atoms with Crippen LogP contribution in [-0.2, 0) is 19.1 Å². The van der Waals surface area contributed by atoms with E-state index >= 15 is 0 Å². The Morgan fingerprint density at radius 2 is 1.37 bits per heavy atom. The number of carbonyl (C=O) groups excluding carboxylic acids is 3. The Morgan fingerprint density at radius 3 is 1.89 bits per heavy atom. The van der Waals surface area contributed by atoms with E-state index in [9.17, 15) is 19.5 Å². The van der Waals surface area contributed by atoms with Crippen molar-refractivity contribution in [3.63, 3.8) is 0 Å². The molecule has 2 aromatic carbocycles. The Bertz CT molecular complexity index is 1290. The molecular formula is C29H30O9. The Morgan fingerprint density at radius 1 is 0.842 bits per heavy atom. The number of aliphatic hydroxyl groups is 1. The van der Waals surface area contributed by atoms with Crippen molar-refractivity contribution >= 4 is 29.7 Å². The van der Waals surface area contributed by atoms with Gasteiger partial charge in [-0.1, -0.05) is 24.3 Å². The van der Waals surface area contributed by atoms with Gasteiger partial charge in [0, 0.05) is 6.42 Å². The van der Waals surface area contributed by atoms with Gasteiger partial charge in [-0.2, -0.15) is 0 Å². The predicted molar refractivity (Wildman–Crippen MR) is 138 cm³/mol. The fourth-order valence-electron chi connectivity index (χ4n) is 5.03. The number of ether oxygens (including phenoxy) is 5. The van der Waals surface area contributed by atoms with Crippen LogP contribution in [0.5, 0.6) is 23.0 Å². The van der Waals surface area contributed by atoms with Crippen LogP contribution in [-0.4, -0.2) is 63.3 Å². The van der Waals surface area contributed by atoms with Crippen LogP contribution in [0.1, 0.15) is 24.0 Å². The normalized spacial score (nSPS) is 24.3. The van der Waals surface area contributed by atoms with Crippen molar-refractivity contribution in [3.05, 3.63) is 59.7 Å². The lowest BCUT2D eigenvalue weighted by atomic mass is 9.66. The highest BCUT2D eigenvalue weighted by molar-refractivity contribution is 6.12. The van der Waals surface area contributed by atoms with Gasteiger partial charge in [-0.15, -0.1) is 0 Å². The summed E-state index contributed by atoms with van der Waals surface area (Å²) in [7, 11) is 6.08. The van der Waals surface area contributed by atoms with Gasteiger partial charge in [-0.3, -0.25) is 14.4 Å². The Hall–Kier alpha value is -4.11. The smallest absolute Gasteiger partial charge is 0.320 e. The third kappa shape index (κ3) is 5.02. The van der Waals surface area contributed by atoms with Gasteiger partial charge in [0.2, 0.25) is 0 Å². The second kappa shape index (κ2) is 11.1. The van der Waals surface area contributed by atoms with Gasteiger partial charge in [0.05, 0.1) is 40.5 Å². The average molecular weight is 523 g/mol. The van der Waals surface area contributed by atoms with Gasteiger partial charge in [0.1, 0.15) is 11.5 Å².